The van der Waals surface area contributed by atoms with Gasteiger partial charge in [0.25, 0.3) is 0 Å². The number of hydrogen-bond donors (Lipinski definition) is 1. The van der Waals surface area contributed by atoms with Gasteiger partial charge >= 0.3 is 33.4 Å². The fourth-order valence-electron chi connectivity index (χ4n) is 2.45. The molecule has 0 aliphatic carbocycles. The van der Waals surface area contributed by atoms with E-state index in [2.05, 4.69) is 4.18 Å². The summed E-state index contributed by atoms with van der Waals surface area (Å²) in [6.07, 6.45) is -7.20. The van der Waals surface area contributed by atoms with Gasteiger partial charge in [-0.25, -0.2) is 0 Å². The second-order valence-corrected chi connectivity index (χ2v) is 7.76. The first-order chi connectivity index (χ1) is 13.3. The van der Waals surface area contributed by atoms with Crippen molar-refractivity contribution in [3.05, 3.63) is 35.4 Å². The lowest BCUT2D eigenvalue weighted by atomic mass is 9.99. The van der Waals surface area contributed by atoms with Crippen molar-refractivity contribution in [3.63, 3.8) is 0 Å². The molecule has 0 radical (unpaired) electrons. The van der Waals surface area contributed by atoms with Gasteiger partial charge in [0, 0.05) is 5.39 Å². The van der Waals surface area contributed by atoms with Gasteiger partial charge in [-0.15, -0.1) is 0 Å². The normalized spacial score (nSPS) is 14.2. The van der Waals surface area contributed by atoms with Gasteiger partial charge in [-0.3, -0.25) is 0 Å². The molecule has 1 N–H and O–H groups in total. The van der Waals surface area contributed by atoms with Gasteiger partial charge in [0.1, 0.15) is 0 Å². The Hall–Kier alpha value is -2.38. The van der Waals surface area contributed by atoms with Gasteiger partial charge in [0.2, 0.25) is 0 Å². The van der Waals surface area contributed by atoms with Crippen molar-refractivity contribution in [1.29, 1.82) is 0 Å². The third kappa shape index (κ3) is 3.20. The summed E-state index contributed by atoms with van der Waals surface area (Å²) in [6, 6.07) is 4.94. The van der Waals surface area contributed by atoms with Gasteiger partial charge in [0.15, 0.2) is 11.5 Å². The molecule has 2 aromatic carbocycles. The average Bonchev–Trinajstić information content (AvgIpc) is 2.62. The number of benzene rings is 2. The van der Waals surface area contributed by atoms with Crippen LogP contribution in [0.1, 0.15) is 11.1 Å². The molecule has 0 heterocycles. The summed E-state index contributed by atoms with van der Waals surface area (Å²) >= 11 is 0. The minimum Gasteiger partial charge on any atom is -0.504 e. The molecule has 0 aromatic heterocycles. The topological polar surface area (TPSA) is 63.6 Å². The Morgan fingerprint density at radius 2 is 1.27 bits per heavy atom. The standard InChI is InChI=1S/C16H11F9O4S/c1-7-8(2)11(26)12(10-6-4-3-5-9(7)10)29-30(27,28)16(24,25)14(19,20)13(17,18)15(21,22)23/h3-6,26H,1-2H3. The molecule has 0 atom stereocenters. The van der Waals surface area contributed by atoms with Crippen LogP contribution in [0.3, 0.4) is 0 Å². The Bertz CT molecular complexity index is 1090. The van der Waals surface area contributed by atoms with Crippen molar-refractivity contribution < 1.29 is 57.2 Å². The monoisotopic (exact) mass is 470 g/mol. The van der Waals surface area contributed by atoms with Crippen molar-refractivity contribution in [2.45, 2.75) is 37.1 Å². The van der Waals surface area contributed by atoms with E-state index >= 15 is 0 Å². The number of fused-ring (bicyclic) bond motifs is 1. The van der Waals surface area contributed by atoms with Crippen LogP contribution in [-0.4, -0.2) is 36.8 Å². The maximum absolute atomic E-state index is 13.9. The Morgan fingerprint density at radius 1 is 0.800 bits per heavy atom. The molecule has 0 saturated carbocycles. The van der Waals surface area contributed by atoms with E-state index in [0.29, 0.717) is 5.56 Å². The lowest BCUT2D eigenvalue weighted by molar-refractivity contribution is -0.382. The third-order valence-electron chi connectivity index (χ3n) is 4.33. The molecule has 14 heteroatoms. The predicted octanol–water partition coefficient (Wildman–Crippen LogP) is 5.30. The maximum atomic E-state index is 13.9. The molecule has 0 spiro atoms. The fraction of sp³-hybridized carbons (Fsp3) is 0.375. The highest BCUT2D eigenvalue weighted by molar-refractivity contribution is 7.88. The quantitative estimate of drug-likeness (QED) is 0.476. The molecule has 2 rings (SSSR count). The van der Waals surface area contributed by atoms with Crippen molar-refractivity contribution in [2.24, 2.45) is 0 Å². The molecule has 0 aliphatic rings. The van der Waals surface area contributed by atoms with E-state index in [1.165, 1.54) is 32.0 Å². The Morgan fingerprint density at radius 3 is 1.73 bits per heavy atom. The summed E-state index contributed by atoms with van der Waals surface area (Å²) in [6.45, 7) is 2.59. The summed E-state index contributed by atoms with van der Waals surface area (Å²) in [7, 11) is -7.18. The lowest BCUT2D eigenvalue weighted by Gasteiger charge is -2.32. The van der Waals surface area contributed by atoms with E-state index in [-0.39, 0.29) is 10.9 Å². The number of alkyl halides is 9. The van der Waals surface area contributed by atoms with Gasteiger partial charge in [-0.1, -0.05) is 24.3 Å². The number of aromatic hydroxyl groups is 1. The van der Waals surface area contributed by atoms with E-state index in [0.717, 1.165) is 6.07 Å². The summed E-state index contributed by atoms with van der Waals surface area (Å²) < 4.78 is 145. The highest BCUT2D eigenvalue weighted by atomic mass is 32.2. The highest BCUT2D eigenvalue weighted by Gasteiger charge is 2.86. The van der Waals surface area contributed by atoms with Crippen LogP contribution >= 0.6 is 0 Å². The maximum Gasteiger partial charge on any atom is 0.460 e. The predicted molar refractivity (Wildman–Crippen MR) is 85.5 cm³/mol. The third-order valence-corrected chi connectivity index (χ3v) is 5.60. The molecular weight excluding hydrogens is 459 g/mol. The second kappa shape index (κ2) is 6.82. The lowest BCUT2D eigenvalue weighted by Crippen LogP contribution is -2.63. The molecule has 0 saturated heterocycles. The molecule has 2 aromatic rings. The number of rotatable bonds is 5. The number of halogens is 9. The van der Waals surface area contributed by atoms with Gasteiger partial charge < -0.3 is 9.29 Å². The average molecular weight is 470 g/mol. The first-order valence-corrected chi connectivity index (χ1v) is 9.07. The van der Waals surface area contributed by atoms with Crippen LogP contribution in [0, 0.1) is 13.8 Å². The Labute approximate surface area is 163 Å². The van der Waals surface area contributed by atoms with Crippen LogP contribution in [0.15, 0.2) is 24.3 Å². The summed E-state index contributed by atoms with van der Waals surface area (Å²) in [5, 5.41) is 2.72. The number of hydrogen-bond acceptors (Lipinski definition) is 4. The first kappa shape index (κ1) is 23.9. The molecule has 168 valence electrons. The van der Waals surface area contributed by atoms with Gasteiger partial charge in [0.05, 0.1) is 0 Å². The van der Waals surface area contributed by atoms with E-state index in [9.17, 15) is 53.0 Å². The molecule has 0 amide bonds. The van der Waals surface area contributed by atoms with E-state index in [4.69, 9.17) is 0 Å². The van der Waals surface area contributed by atoms with Crippen molar-refractivity contribution >= 4 is 20.9 Å². The SMILES string of the molecule is Cc1c(O)c(OS(=O)(=O)C(F)(F)C(F)(F)C(F)(F)C(F)(F)F)c2ccccc2c1C. The Kier molecular flexibility index (Phi) is 5.43. The van der Waals surface area contributed by atoms with E-state index in [1.54, 1.807) is 0 Å². The van der Waals surface area contributed by atoms with Crippen molar-refractivity contribution in [2.75, 3.05) is 0 Å². The van der Waals surface area contributed by atoms with Crippen LogP contribution in [0.2, 0.25) is 0 Å². The number of aryl methyl sites for hydroxylation is 1. The first-order valence-electron chi connectivity index (χ1n) is 7.66. The number of phenolic OH excluding ortho intramolecular Hbond substituents is 1. The smallest absolute Gasteiger partial charge is 0.460 e. The summed E-state index contributed by atoms with van der Waals surface area (Å²) in [5.41, 5.74) is 0.156. The zero-order valence-corrected chi connectivity index (χ0v) is 15.6. The highest BCUT2D eigenvalue weighted by Crippen LogP contribution is 2.55. The molecule has 0 fully saturated rings. The van der Waals surface area contributed by atoms with E-state index in [1.807, 2.05) is 0 Å². The van der Waals surface area contributed by atoms with Gasteiger partial charge in [-0.05, 0) is 30.4 Å². The summed E-state index contributed by atoms with van der Waals surface area (Å²) in [5.74, 6) is -17.3. The zero-order chi connectivity index (χ0) is 23.5. The van der Waals surface area contributed by atoms with E-state index < -0.39 is 50.3 Å². The molecular formula is C16H11F9O4S. The summed E-state index contributed by atoms with van der Waals surface area (Å²) in [4.78, 5) is 0. The largest absolute Gasteiger partial charge is 0.504 e. The number of phenols is 1. The minimum atomic E-state index is -7.44. The van der Waals surface area contributed by atoms with Gasteiger partial charge in [-0.2, -0.15) is 47.9 Å². The fourth-order valence-corrected chi connectivity index (χ4v) is 3.38. The molecule has 0 aliphatic heterocycles. The van der Waals surface area contributed by atoms with Crippen molar-refractivity contribution in [3.8, 4) is 11.5 Å². The van der Waals surface area contributed by atoms with Crippen LogP contribution in [0.25, 0.3) is 10.8 Å². The molecule has 30 heavy (non-hydrogen) atoms. The molecule has 0 unspecified atom stereocenters. The Balaban J connectivity index is 2.70. The van der Waals surface area contributed by atoms with Crippen LogP contribution in [0.5, 0.6) is 11.5 Å². The molecule has 4 nitrogen and oxygen atoms in total. The molecule has 0 bridgehead atoms. The van der Waals surface area contributed by atoms with Crippen LogP contribution in [-0.2, 0) is 10.1 Å². The minimum absolute atomic E-state index is 0.105. The zero-order valence-electron chi connectivity index (χ0n) is 14.8. The second-order valence-electron chi connectivity index (χ2n) is 6.17. The van der Waals surface area contributed by atoms with Crippen LogP contribution < -0.4 is 4.18 Å². The van der Waals surface area contributed by atoms with Crippen molar-refractivity contribution in [1.82, 2.24) is 0 Å². The van der Waals surface area contributed by atoms with Crippen LogP contribution in [0.4, 0.5) is 39.5 Å².